The van der Waals surface area contributed by atoms with Crippen molar-refractivity contribution < 1.29 is 19.4 Å². The average Bonchev–Trinajstić information content (AvgIpc) is 2.61. The van der Waals surface area contributed by atoms with E-state index in [9.17, 15) is 9.90 Å². The molecule has 0 bridgehead atoms. The predicted octanol–water partition coefficient (Wildman–Crippen LogP) is 2.04. The molecule has 26 heavy (non-hydrogen) atoms. The smallest absolute Gasteiger partial charge is 0.409 e. The summed E-state index contributed by atoms with van der Waals surface area (Å²) < 4.78 is 10.0. The first-order valence-electron chi connectivity index (χ1n) is 8.37. The van der Waals surface area contributed by atoms with Crippen molar-refractivity contribution in [3.63, 3.8) is 0 Å². The van der Waals surface area contributed by atoms with Gasteiger partial charge in [0.05, 0.1) is 20.3 Å². The Morgan fingerprint density at radius 1 is 1.42 bits per heavy atom. The minimum Gasteiger partial charge on any atom is -0.504 e. The lowest BCUT2D eigenvalue weighted by molar-refractivity contribution is 0.0963. The highest BCUT2D eigenvalue weighted by molar-refractivity contribution is 14.0. The number of carbonyl (C=O) groups excluding carboxylic acids is 1. The number of nitrogens with one attached hydrogen (secondary N) is 1. The molecule has 1 aliphatic rings. The molecule has 2 rings (SSSR count). The van der Waals surface area contributed by atoms with Crippen LogP contribution in [-0.2, 0) is 11.3 Å². The van der Waals surface area contributed by atoms with Gasteiger partial charge in [0.15, 0.2) is 17.5 Å². The van der Waals surface area contributed by atoms with Crippen LogP contribution in [0.25, 0.3) is 0 Å². The molecule has 8 nitrogen and oxygen atoms in total. The fraction of sp³-hybridized carbons (Fsp3) is 0.529. The molecule has 1 fully saturated rings. The maximum absolute atomic E-state index is 11.7. The van der Waals surface area contributed by atoms with E-state index in [2.05, 4.69) is 10.3 Å². The number of aromatic hydroxyl groups is 1. The molecular formula is C17H27IN4O4. The summed E-state index contributed by atoms with van der Waals surface area (Å²) >= 11 is 0. The molecule has 0 radical (unpaired) electrons. The number of piperidine rings is 1. The number of phenols is 1. The van der Waals surface area contributed by atoms with Crippen LogP contribution in [0.1, 0.15) is 25.3 Å². The molecule has 1 aromatic carbocycles. The molecular weight excluding hydrogens is 451 g/mol. The Balaban J connectivity index is 0.00000338. The van der Waals surface area contributed by atoms with Crippen molar-refractivity contribution in [1.82, 2.24) is 10.2 Å². The minimum absolute atomic E-state index is 0. The molecule has 0 aromatic heterocycles. The highest BCUT2D eigenvalue weighted by atomic mass is 127. The average molecular weight is 478 g/mol. The van der Waals surface area contributed by atoms with Gasteiger partial charge in [0.2, 0.25) is 0 Å². The van der Waals surface area contributed by atoms with Gasteiger partial charge in [0, 0.05) is 19.1 Å². The Hall–Kier alpha value is -1.91. The minimum atomic E-state index is -0.262. The molecule has 1 aromatic rings. The third kappa shape index (κ3) is 6.43. The number of rotatable bonds is 5. The molecule has 4 N–H and O–H groups in total. The topological polar surface area (TPSA) is 109 Å². The van der Waals surface area contributed by atoms with Crippen LogP contribution >= 0.6 is 24.0 Å². The van der Waals surface area contributed by atoms with Crippen molar-refractivity contribution in [3.05, 3.63) is 23.8 Å². The molecule has 0 atom stereocenters. The molecule has 1 saturated heterocycles. The number of halogens is 1. The number of methoxy groups -OCH3 is 1. The summed E-state index contributed by atoms with van der Waals surface area (Å²) in [7, 11) is 1.50. The molecule has 0 unspecified atom stereocenters. The Morgan fingerprint density at radius 3 is 2.69 bits per heavy atom. The van der Waals surface area contributed by atoms with E-state index in [0.717, 1.165) is 18.4 Å². The lowest BCUT2D eigenvalue weighted by Crippen LogP contribution is -2.48. The number of guanidine groups is 1. The van der Waals surface area contributed by atoms with E-state index >= 15 is 0 Å². The van der Waals surface area contributed by atoms with Gasteiger partial charge in [-0.05, 0) is 37.5 Å². The Labute approximate surface area is 170 Å². The standard InChI is InChI=1S/C17H26N4O4.HI/c1-3-25-17(23)21-8-6-13(7-9-21)20-16(18)19-11-12-4-5-15(24-2)14(22)10-12;/h4-5,10,13,22H,3,6-9,11H2,1-2H3,(H3,18,19,20);1H. The summed E-state index contributed by atoms with van der Waals surface area (Å²) in [6, 6.07) is 5.30. The number of nitrogens with two attached hydrogens (primary N) is 1. The second-order valence-corrected chi connectivity index (χ2v) is 5.81. The fourth-order valence-corrected chi connectivity index (χ4v) is 2.69. The zero-order valence-corrected chi connectivity index (χ0v) is 17.4. The van der Waals surface area contributed by atoms with Crippen molar-refractivity contribution in [3.8, 4) is 11.5 Å². The van der Waals surface area contributed by atoms with E-state index in [1.165, 1.54) is 7.11 Å². The number of aliphatic imine (C=N–C) groups is 1. The number of ether oxygens (including phenoxy) is 2. The van der Waals surface area contributed by atoms with E-state index in [1.54, 1.807) is 24.0 Å². The highest BCUT2D eigenvalue weighted by Gasteiger charge is 2.23. The molecule has 0 aliphatic carbocycles. The zero-order chi connectivity index (χ0) is 18.2. The number of hydrogen-bond donors (Lipinski definition) is 3. The maximum atomic E-state index is 11.7. The third-order valence-corrected chi connectivity index (χ3v) is 4.05. The number of likely N-dealkylation sites (tertiary alicyclic amines) is 1. The molecule has 1 aliphatic heterocycles. The Morgan fingerprint density at radius 2 is 2.12 bits per heavy atom. The summed E-state index contributed by atoms with van der Waals surface area (Å²) in [5.74, 6) is 0.852. The monoisotopic (exact) mass is 478 g/mol. The zero-order valence-electron chi connectivity index (χ0n) is 15.1. The van der Waals surface area contributed by atoms with E-state index in [-0.39, 0.29) is 41.9 Å². The molecule has 146 valence electrons. The summed E-state index contributed by atoms with van der Waals surface area (Å²) in [6.45, 7) is 3.81. The second-order valence-electron chi connectivity index (χ2n) is 5.81. The second kappa shape index (κ2) is 10.9. The van der Waals surface area contributed by atoms with E-state index in [0.29, 0.717) is 38.0 Å². The maximum Gasteiger partial charge on any atom is 0.409 e. The van der Waals surface area contributed by atoms with Crippen LogP contribution in [0.4, 0.5) is 4.79 Å². The quantitative estimate of drug-likeness (QED) is 0.340. The first kappa shape index (κ1) is 22.1. The van der Waals surface area contributed by atoms with Crippen molar-refractivity contribution >= 4 is 36.0 Å². The van der Waals surface area contributed by atoms with Gasteiger partial charge in [-0.2, -0.15) is 0 Å². The van der Waals surface area contributed by atoms with Gasteiger partial charge in [-0.25, -0.2) is 9.79 Å². The Bertz CT molecular complexity index is 619. The molecule has 0 spiro atoms. The van der Waals surface area contributed by atoms with Gasteiger partial charge in [0.1, 0.15) is 0 Å². The molecule has 1 heterocycles. The lowest BCUT2D eigenvalue weighted by atomic mass is 10.1. The number of phenolic OH excluding ortho intramolecular Hbond substituents is 1. The van der Waals surface area contributed by atoms with Crippen LogP contribution in [0.5, 0.6) is 11.5 Å². The number of hydrogen-bond acceptors (Lipinski definition) is 5. The van der Waals surface area contributed by atoms with Gasteiger partial charge >= 0.3 is 6.09 Å². The van der Waals surface area contributed by atoms with Crippen LogP contribution in [0.2, 0.25) is 0 Å². The Kier molecular flexibility index (Phi) is 9.31. The van der Waals surface area contributed by atoms with Gasteiger partial charge in [-0.15, -0.1) is 24.0 Å². The first-order valence-corrected chi connectivity index (χ1v) is 8.37. The van der Waals surface area contributed by atoms with Crippen LogP contribution in [0.3, 0.4) is 0 Å². The molecule has 1 amide bonds. The fourth-order valence-electron chi connectivity index (χ4n) is 2.69. The van der Waals surface area contributed by atoms with Gasteiger partial charge in [-0.1, -0.05) is 6.07 Å². The number of benzene rings is 1. The SMILES string of the molecule is CCOC(=O)N1CCC(NC(N)=NCc2ccc(OC)c(O)c2)CC1.I. The largest absolute Gasteiger partial charge is 0.504 e. The molecule has 9 heteroatoms. The van der Waals surface area contributed by atoms with Crippen molar-refractivity contribution in [2.24, 2.45) is 10.7 Å². The number of nitrogens with zero attached hydrogens (tertiary/aromatic N) is 2. The molecule has 0 saturated carbocycles. The summed E-state index contributed by atoms with van der Waals surface area (Å²) in [5.41, 5.74) is 6.77. The van der Waals surface area contributed by atoms with Crippen LogP contribution < -0.4 is 15.8 Å². The van der Waals surface area contributed by atoms with E-state index in [1.807, 2.05) is 6.07 Å². The highest BCUT2D eigenvalue weighted by Crippen LogP contribution is 2.26. The van der Waals surface area contributed by atoms with Crippen LogP contribution in [0.15, 0.2) is 23.2 Å². The number of carbonyl (C=O) groups is 1. The third-order valence-electron chi connectivity index (χ3n) is 4.05. The number of amides is 1. The lowest BCUT2D eigenvalue weighted by Gasteiger charge is -2.31. The van der Waals surface area contributed by atoms with E-state index < -0.39 is 0 Å². The van der Waals surface area contributed by atoms with Crippen molar-refractivity contribution in [2.45, 2.75) is 32.4 Å². The van der Waals surface area contributed by atoms with Crippen molar-refractivity contribution in [2.75, 3.05) is 26.8 Å². The van der Waals surface area contributed by atoms with Gasteiger partial charge in [0.25, 0.3) is 0 Å². The predicted molar refractivity (Wildman–Crippen MR) is 110 cm³/mol. The van der Waals surface area contributed by atoms with Crippen LogP contribution in [-0.4, -0.2) is 54.9 Å². The summed E-state index contributed by atoms with van der Waals surface area (Å²) in [4.78, 5) is 17.7. The normalized spacial score (nSPS) is 15.2. The summed E-state index contributed by atoms with van der Waals surface area (Å²) in [6.07, 6.45) is 1.32. The van der Waals surface area contributed by atoms with Gasteiger partial charge < -0.3 is 30.5 Å². The van der Waals surface area contributed by atoms with Crippen LogP contribution in [0, 0.1) is 0 Å². The van der Waals surface area contributed by atoms with E-state index in [4.69, 9.17) is 15.2 Å². The first-order chi connectivity index (χ1) is 12.0. The van der Waals surface area contributed by atoms with Gasteiger partial charge in [-0.3, -0.25) is 0 Å². The summed E-state index contributed by atoms with van der Waals surface area (Å²) in [5, 5.41) is 12.9. The van der Waals surface area contributed by atoms with Crippen molar-refractivity contribution in [1.29, 1.82) is 0 Å².